The molecular formula is C18H30N4O3. The van der Waals surface area contributed by atoms with Crippen LogP contribution in [0.15, 0.2) is 18.2 Å². The van der Waals surface area contributed by atoms with Gasteiger partial charge in [-0.15, -0.1) is 0 Å². The minimum Gasteiger partial charge on any atom is -0.497 e. The van der Waals surface area contributed by atoms with Crippen LogP contribution in [0.2, 0.25) is 0 Å². The van der Waals surface area contributed by atoms with Gasteiger partial charge in [0.25, 0.3) is 0 Å². The summed E-state index contributed by atoms with van der Waals surface area (Å²) >= 11 is 0. The van der Waals surface area contributed by atoms with Gasteiger partial charge in [0, 0.05) is 45.3 Å². The second-order valence-electron chi connectivity index (χ2n) is 6.13. The Hall–Kier alpha value is -1.99. The Morgan fingerprint density at radius 2 is 1.76 bits per heavy atom. The van der Waals surface area contributed by atoms with Crippen LogP contribution in [0.3, 0.4) is 0 Å². The molecule has 0 aromatic heterocycles. The number of carbonyl (C=O) groups is 1. The molecule has 1 aromatic carbocycles. The van der Waals surface area contributed by atoms with Gasteiger partial charge in [0.15, 0.2) is 0 Å². The minimum absolute atomic E-state index is 0.240. The summed E-state index contributed by atoms with van der Waals surface area (Å²) in [6.07, 6.45) is 1.20. The van der Waals surface area contributed by atoms with E-state index in [9.17, 15) is 4.79 Å². The van der Waals surface area contributed by atoms with Crippen molar-refractivity contribution in [2.75, 3.05) is 65.3 Å². The van der Waals surface area contributed by atoms with E-state index in [0.29, 0.717) is 23.7 Å². The molecule has 2 N–H and O–H groups in total. The van der Waals surface area contributed by atoms with Gasteiger partial charge < -0.3 is 25.0 Å². The maximum Gasteiger partial charge on any atom is 0.319 e. The van der Waals surface area contributed by atoms with E-state index >= 15 is 0 Å². The Balaban J connectivity index is 1.73. The lowest BCUT2D eigenvalue weighted by molar-refractivity contribution is 0.133. The summed E-state index contributed by atoms with van der Waals surface area (Å²) in [6, 6.07) is 5.06. The molecule has 0 unspecified atom stereocenters. The van der Waals surface area contributed by atoms with Gasteiger partial charge in [0.2, 0.25) is 0 Å². The summed E-state index contributed by atoms with van der Waals surface area (Å²) in [5.74, 6) is 1.27. The molecule has 0 radical (unpaired) electrons. The quantitative estimate of drug-likeness (QED) is 0.749. The number of benzene rings is 1. The fraction of sp³-hybridized carbons (Fsp3) is 0.611. The zero-order chi connectivity index (χ0) is 18.1. The molecular weight excluding hydrogens is 320 g/mol. The van der Waals surface area contributed by atoms with Gasteiger partial charge in [-0.1, -0.05) is 6.92 Å². The van der Waals surface area contributed by atoms with Gasteiger partial charge >= 0.3 is 6.03 Å². The van der Waals surface area contributed by atoms with E-state index in [1.165, 1.54) is 13.0 Å². The number of rotatable bonds is 8. The van der Waals surface area contributed by atoms with Gasteiger partial charge in [-0.2, -0.15) is 0 Å². The molecule has 25 heavy (non-hydrogen) atoms. The van der Waals surface area contributed by atoms with Crippen molar-refractivity contribution in [2.24, 2.45) is 0 Å². The molecule has 2 amide bonds. The van der Waals surface area contributed by atoms with Crippen LogP contribution in [0.4, 0.5) is 10.5 Å². The molecule has 1 fully saturated rings. The predicted molar refractivity (Wildman–Crippen MR) is 99.7 cm³/mol. The monoisotopic (exact) mass is 350 g/mol. The van der Waals surface area contributed by atoms with E-state index in [4.69, 9.17) is 9.47 Å². The predicted octanol–water partition coefficient (Wildman–Crippen LogP) is 1.85. The van der Waals surface area contributed by atoms with Crippen molar-refractivity contribution < 1.29 is 14.3 Å². The molecule has 1 saturated heterocycles. The fourth-order valence-corrected chi connectivity index (χ4v) is 2.96. The van der Waals surface area contributed by atoms with Crippen LogP contribution in [0.25, 0.3) is 0 Å². The van der Waals surface area contributed by atoms with Crippen LogP contribution in [-0.2, 0) is 0 Å². The second kappa shape index (κ2) is 10.1. The van der Waals surface area contributed by atoms with E-state index in [-0.39, 0.29) is 6.03 Å². The Morgan fingerprint density at radius 1 is 1.08 bits per heavy atom. The number of ether oxygens (including phenoxy) is 2. The van der Waals surface area contributed by atoms with E-state index < -0.39 is 0 Å². The summed E-state index contributed by atoms with van der Waals surface area (Å²) in [5, 5.41) is 5.72. The number of hydrogen-bond donors (Lipinski definition) is 2. The lowest BCUT2D eigenvalue weighted by atomic mass is 10.2. The summed E-state index contributed by atoms with van der Waals surface area (Å²) in [4.78, 5) is 17.0. The molecule has 0 bridgehead atoms. The van der Waals surface area contributed by atoms with E-state index in [1.807, 2.05) is 0 Å². The number of carbonyl (C=O) groups excluding carboxylic acids is 1. The number of methoxy groups -OCH3 is 2. The van der Waals surface area contributed by atoms with Gasteiger partial charge in [-0.3, -0.25) is 4.90 Å². The number of hydrogen-bond acceptors (Lipinski definition) is 5. The van der Waals surface area contributed by atoms with Crippen LogP contribution < -0.4 is 20.1 Å². The van der Waals surface area contributed by atoms with Gasteiger partial charge in [-0.25, -0.2) is 4.79 Å². The van der Waals surface area contributed by atoms with E-state index in [1.54, 1.807) is 32.4 Å². The molecule has 0 aliphatic carbocycles. The zero-order valence-electron chi connectivity index (χ0n) is 15.5. The number of urea groups is 1. The maximum absolute atomic E-state index is 12.1. The Bertz CT molecular complexity index is 545. The molecule has 1 aliphatic rings. The molecule has 2 rings (SSSR count). The highest BCUT2D eigenvalue weighted by molar-refractivity contribution is 5.91. The highest BCUT2D eigenvalue weighted by atomic mass is 16.5. The average molecular weight is 350 g/mol. The van der Waals surface area contributed by atoms with Crippen molar-refractivity contribution in [3.05, 3.63) is 18.2 Å². The number of anilines is 1. The second-order valence-corrected chi connectivity index (χ2v) is 6.13. The first kappa shape index (κ1) is 19.3. The van der Waals surface area contributed by atoms with Crippen LogP contribution >= 0.6 is 0 Å². The number of nitrogens with zero attached hydrogens (tertiary/aromatic N) is 2. The van der Waals surface area contributed by atoms with Crippen LogP contribution in [-0.4, -0.2) is 75.9 Å². The standard InChI is InChI=1S/C18H30N4O3/c1-4-8-21-10-12-22(13-11-21)9-7-19-18(23)20-16-14-15(24-2)5-6-17(16)25-3/h5-6,14H,4,7-13H2,1-3H3,(H2,19,20,23). The van der Waals surface area contributed by atoms with Crippen molar-refractivity contribution >= 4 is 11.7 Å². The average Bonchev–Trinajstić information content (AvgIpc) is 2.63. The number of amides is 2. The molecule has 7 nitrogen and oxygen atoms in total. The lowest BCUT2D eigenvalue weighted by Crippen LogP contribution is -2.48. The van der Waals surface area contributed by atoms with Gasteiger partial charge in [0.1, 0.15) is 11.5 Å². The minimum atomic E-state index is -0.240. The first-order chi connectivity index (χ1) is 12.2. The third-order valence-electron chi connectivity index (χ3n) is 4.37. The topological polar surface area (TPSA) is 66.1 Å². The summed E-state index contributed by atoms with van der Waals surface area (Å²) in [5.41, 5.74) is 0.590. The lowest BCUT2D eigenvalue weighted by Gasteiger charge is -2.34. The highest BCUT2D eigenvalue weighted by Crippen LogP contribution is 2.28. The van der Waals surface area contributed by atoms with Crippen LogP contribution in [0.1, 0.15) is 13.3 Å². The number of nitrogens with one attached hydrogen (secondary N) is 2. The summed E-state index contributed by atoms with van der Waals surface area (Å²) in [7, 11) is 3.16. The van der Waals surface area contributed by atoms with Gasteiger partial charge in [-0.05, 0) is 25.1 Å². The molecule has 1 aromatic rings. The normalized spacial score (nSPS) is 15.6. The Morgan fingerprint density at radius 3 is 2.36 bits per heavy atom. The molecule has 1 heterocycles. The first-order valence-electron chi connectivity index (χ1n) is 8.87. The van der Waals surface area contributed by atoms with Crippen molar-refractivity contribution in [3.8, 4) is 11.5 Å². The molecule has 0 spiro atoms. The zero-order valence-corrected chi connectivity index (χ0v) is 15.5. The molecule has 7 heteroatoms. The third kappa shape index (κ3) is 6.10. The molecule has 140 valence electrons. The highest BCUT2D eigenvalue weighted by Gasteiger charge is 2.16. The van der Waals surface area contributed by atoms with Crippen molar-refractivity contribution in [1.29, 1.82) is 0 Å². The maximum atomic E-state index is 12.1. The third-order valence-corrected chi connectivity index (χ3v) is 4.37. The molecule has 0 saturated carbocycles. The summed E-state index contributed by atoms with van der Waals surface area (Å²) in [6.45, 7) is 9.22. The molecule has 0 atom stereocenters. The summed E-state index contributed by atoms with van der Waals surface area (Å²) < 4.78 is 10.4. The van der Waals surface area contributed by atoms with Crippen molar-refractivity contribution in [3.63, 3.8) is 0 Å². The fourth-order valence-electron chi connectivity index (χ4n) is 2.96. The Kier molecular flexibility index (Phi) is 7.81. The smallest absolute Gasteiger partial charge is 0.319 e. The van der Waals surface area contributed by atoms with Crippen molar-refractivity contribution in [2.45, 2.75) is 13.3 Å². The number of piperazine rings is 1. The van der Waals surface area contributed by atoms with Crippen LogP contribution in [0.5, 0.6) is 11.5 Å². The first-order valence-corrected chi connectivity index (χ1v) is 8.87. The SMILES string of the molecule is CCCN1CCN(CCNC(=O)Nc2cc(OC)ccc2OC)CC1. The molecule has 1 aliphatic heterocycles. The van der Waals surface area contributed by atoms with E-state index in [2.05, 4.69) is 27.4 Å². The van der Waals surface area contributed by atoms with Crippen molar-refractivity contribution in [1.82, 2.24) is 15.1 Å². The van der Waals surface area contributed by atoms with Gasteiger partial charge in [0.05, 0.1) is 19.9 Å². The van der Waals surface area contributed by atoms with Crippen LogP contribution in [0, 0.1) is 0 Å². The Labute approximate surface area is 150 Å². The van der Waals surface area contributed by atoms with E-state index in [0.717, 1.165) is 32.7 Å². The largest absolute Gasteiger partial charge is 0.497 e.